The van der Waals surface area contributed by atoms with Gasteiger partial charge in [0.15, 0.2) is 5.82 Å². The first kappa shape index (κ1) is 30.7. The number of fused-ring (bicyclic) bond motifs is 4. The van der Waals surface area contributed by atoms with Crippen LogP contribution < -0.4 is 0 Å². The van der Waals surface area contributed by atoms with E-state index in [0.29, 0.717) is 5.82 Å². The van der Waals surface area contributed by atoms with Crippen LogP contribution in [0.5, 0.6) is 0 Å². The van der Waals surface area contributed by atoms with Crippen LogP contribution >= 0.6 is 0 Å². The molecule has 0 atom stereocenters. The molecule has 0 amide bonds. The van der Waals surface area contributed by atoms with Gasteiger partial charge in [-0.2, -0.15) is 0 Å². The van der Waals surface area contributed by atoms with Gasteiger partial charge < -0.3 is 4.42 Å². The predicted octanol–water partition coefficient (Wildman–Crippen LogP) is 13.5. The molecular formula is C50H32N2O. The molecule has 8 aromatic carbocycles. The van der Waals surface area contributed by atoms with Gasteiger partial charge in [0.05, 0.1) is 11.4 Å². The number of hydrogen-bond donors (Lipinski definition) is 0. The Kier molecular flexibility index (Phi) is 7.47. The largest absolute Gasteiger partial charge is 0.456 e. The van der Waals surface area contributed by atoms with E-state index in [1.165, 1.54) is 10.8 Å². The van der Waals surface area contributed by atoms with E-state index >= 15 is 0 Å². The van der Waals surface area contributed by atoms with Crippen LogP contribution in [0, 0.1) is 0 Å². The van der Waals surface area contributed by atoms with Crippen LogP contribution in [0.3, 0.4) is 0 Å². The van der Waals surface area contributed by atoms with E-state index in [-0.39, 0.29) is 0 Å². The van der Waals surface area contributed by atoms with Crippen molar-refractivity contribution in [3.05, 3.63) is 194 Å². The summed E-state index contributed by atoms with van der Waals surface area (Å²) in [6, 6.07) is 68.2. The molecular weight excluding hydrogens is 645 g/mol. The molecule has 248 valence electrons. The second-order valence-electron chi connectivity index (χ2n) is 13.4. The van der Waals surface area contributed by atoms with Crippen LogP contribution in [-0.4, -0.2) is 9.97 Å². The van der Waals surface area contributed by atoms with Gasteiger partial charge in [0.25, 0.3) is 0 Å². The van der Waals surface area contributed by atoms with E-state index < -0.39 is 0 Å². The summed E-state index contributed by atoms with van der Waals surface area (Å²) in [5.41, 5.74) is 13.2. The second-order valence-corrected chi connectivity index (χ2v) is 13.4. The predicted molar refractivity (Wildman–Crippen MR) is 219 cm³/mol. The van der Waals surface area contributed by atoms with Gasteiger partial charge in [0.2, 0.25) is 0 Å². The Bertz CT molecular complexity index is 2950. The van der Waals surface area contributed by atoms with Crippen LogP contribution in [0.25, 0.3) is 100.0 Å². The molecule has 0 radical (unpaired) electrons. The standard InChI is InChI=1S/C50H32N2O/c1-3-12-33(13-4-1)37-18-11-19-40(27-37)50-51-46(35-15-5-2-6-16-35)32-47(52-50)43-29-41(38-23-22-34-14-7-8-17-36(34)26-38)28-42(30-43)39-24-25-45-44-20-9-10-21-48(44)53-49(45)31-39/h1-32H. The van der Waals surface area contributed by atoms with Gasteiger partial charge in [-0.25, -0.2) is 9.97 Å². The third-order valence-electron chi connectivity index (χ3n) is 10.0. The van der Waals surface area contributed by atoms with Crippen molar-refractivity contribution >= 4 is 32.7 Å². The minimum absolute atomic E-state index is 0.681. The molecule has 0 N–H and O–H groups in total. The van der Waals surface area contributed by atoms with Gasteiger partial charge >= 0.3 is 0 Å². The van der Waals surface area contributed by atoms with E-state index in [4.69, 9.17) is 14.4 Å². The van der Waals surface area contributed by atoms with Gasteiger partial charge in [0, 0.05) is 27.5 Å². The van der Waals surface area contributed by atoms with Crippen molar-refractivity contribution in [2.75, 3.05) is 0 Å². The third kappa shape index (κ3) is 5.85. The lowest BCUT2D eigenvalue weighted by Crippen LogP contribution is -1.97. The molecule has 2 aromatic heterocycles. The monoisotopic (exact) mass is 676 g/mol. The number of hydrogen-bond acceptors (Lipinski definition) is 3. The van der Waals surface area contributed by atoms with Gasteiger partial charge in [0.1, 0.15) is 11.2 Å². The van der Waals surface area contributed by atoms with Crippen molar-refractivity contribution in [2.45, 2.75) is 0 Å². The third-order valence-corrected chi connectivity index (χ3v) is 10.0. The minimum Gasteiger partial charge on any atom is -0.456 e. The zero-order valence-corrected chi connectivity index (χ0v) is 28.8. The highest BCUT2D eigenvalue weighted by Gasteiger charge is 2.16. The first-order valence-corrected chi connectivity index (χ1v) is 17.9. The van der Waals surface area contributed by atoms with E-state index in [9.17, 15) is 0 Å². The van der Waals surface area contributed by atoms with Gasteiger partial charge in [-0.1, -0.05) is 140 Å². The van der Waals surface area contributed by atoms with Gasteiger partial charge in [-0.15, -0.1) is 0 Å². The lowest BCUT2D eigenvalue weighted by atomic mass is 9.93. The topological polar surface area (TPSA) is 38.9 Å². The molecule has 53 heavy (non-hydrogen) atoms. The Balaban J connectivity index is 1.18. The Hall–Kier alpha value is -7.10. The van der Waals surface area contributed by atoms with Crippen molar-refractivity contribution in [3.8, 4) is 67.3 Å². The van der Waals surface area contributed by atoms with E-state index in [2.05, 4.69) is 170 Å². The number of rotatable bonds is 6. The highest BCUT2D eigenvalue weighted by Crippen LogP contribution is 2.38. The first-order chi connectivity index (χ1) is 26.2. The SMILES string of the molecule is c1ccc(-c2cccc(-c3nc(-c4ccccc4)cc(-c4cc(-c5ccc6ccccc6c5)cc(-c5ccc6c(c5)oc5ccccc56)c4)n3)c2)cc1. The molecule has 3 heteroatoms. The van der Waals surface area contributed by atoms with Crippen LogP contribution in [0.4, 0.5) is 0 Å². The molecule has 0 aliphatic carbocycles. The minimum atomic E-state index is 0.681. The maximum atomic E-state index is 6.34. The van der Waals surface area contributed by atoms with Gasteiger partial charge in [-0.3, -0.25) is 0 Å². The molecule has 10 aromatic rings. The molecule has 2 heterocycles. The fourth-order valence-electron chi connectivity index (χ4n) is 7.33. The normalized spacial score (nSPS) is 11.4. The molecule has 10 rings (SSSR count). The number of furan rings is 1. The molecule has 3 nitrogen and oxygen atoms in total. The van der Waals surface area contributed by atoms with Crippen LogP contribution in [0.2, 0.25) is 0 Å². The number of nitrogens with zero attached hydrogens (tertiary/aromatic N) is 2. The Morgan fingerprint density at radius 3 is 1.64 bits per heavy atom. The fraction of sp³-hybridized carbons (Fsp3) is 0. The van der Waals surface area contributed by atoms with Crippen LogP contribution in [0.1, 0.15) is 0 Å². The summed E-state index contributed by atoms with van der Waals surface area (Å²) in [4.78, 5) is 10.5. The number of benzene rings is 8. The average molecular weight is 677 g/mol. The fourth-order valence-corrected chi connectivity index (χ4v) is 7.33. The number of aromatic nitrogens is 2. The van der Waals surface area contributed by atoms with Crippen molar-refractivity contribution < 1.29 is 4.42 Å². The lowest BCUT2D eigenvalue weighted by Gasteiger charge is -2.14. The van der Waals surface area contributed by atoms with Crippen molar-refractivity contribution in [1.82, 2.24) is 9.97 Å². The van der Waals surface area contributed by atoms with Crippen molar-refractivity contribution in [2.24, 2.45) is 0 Å². The molecule has 0 fully saturated rings. The zero-order valence-electron chi connectivity index (χ0n) is 28.8. The van der Waals surface area contributed by atoms with E-state index in [1.807, 2.05) is 24.3 Å². The molecule has 0 aliphatic heterocycles. The maximum absolute atomic E-state index is 6.34. The summed E-state index contributed by atoms with van der Waals surface area (Å²) in [6.45, 7) is 0. The quantitative estimate of drug-likeness (QED) is 0.176. The van der Waals surface area contributed by atoms with Crippen molar-refractivity contribution in [3.63, 3.8) is 0 Å². The Morgan fingerprint density at radius 2 is 0.830 bits per heavy atom. The maximum Gasteiger partial charge on any atom is 0.160 e. The summed E-state index contributed by atoms with van der Waals surface area (Å²) in [6.07, 6.45) is 0. The second kappa shape index (κ2) is 12.9. The Labute approximate surface area is 307 Å². The van der Waals surface area contributed by atoms with Crippen LogP contribution in [-0.2, 0) is 0 Å². The van der Waals surface area contributed by atoms with E-state index in [1.54, 1.807) is 0 Å². The van der Waals surface area contributed by atoms with Gasteiger partial charge in [-0.05, 0) is 98.8 Å². The summed E-state index contributed by atoms with van der Waals surface area (Å²) in [5, 5.41) is 4.65. The summed E-state index contributed by atoms with van der Waals surface area (Å²) in [7, 11) is 0. The van der Waals surface area contributed by atoms with Crippen LogP contribution in [0.15, 0.2) is 199 Å². The molecule has 0 saturated heterocycles. The average Bonchev–Trinajstić information content (AvgIpc) is 3.62. The first-order valence-electron chi connectivity index (χ1n) is 17.9. The van der Waals surface area contributed by atoms with Crippen molar-refractivity contribution in [1.29, 1.82) is 0 Å². The molecule has 0 bridgehead atoms. The summed E-state index contributed by atoms with van der Waals surface area (Å²) < 4.78 is 6.34. The molecule has 0 spiro atoms. The highest BCUT2D eigenvalue weighted by molar-refractivity contribution is 6.06. The highest BCUT2D eigenvalue weighted by atomic mass is 16.3. The lowest BCUT2D eigenvalue weighted by molar-refractivity contribution is 0.669. The molecule has 0 saturated carbocycles. The zero-order chi connectivity index (χ0) is 35.1. The smallest absolute Gasteiger partial charge is 0.160 e. The Morgan fingerprint density at radius 1 is 0.283 bits per heavy atom. The molecule has 0 aliphatic rings. The number of para-hydroxylation sites is 1. The van der Waals surface area contributed by atoms with E-state index in [0.717, 1.165) is 83.4 Å². The molecule has 0 unspecified atom stereocenters. The summed E-state index contributed by atoms with van der Waals surface area (Å²) >= 11 is 0. The summed E-state index contributed by atoms with van der Waals surface area (Å²) in [5.74, 6) is 0.681.